The van der Waals surface area contributed by atoms with Crippen molar-refractivity contribution in [2.45, 2.75) is 25.5 Å². The summed E-state index contributed by atoms with van der Waals surface area (Å²) in [6.45, 7) is 1.86. The molecule has 33 heavy (non-hydrogen) atoms. The summed E-state index contributed by atoms with van der Waals surface area (Å²) in [4.78, 5) is 12.7. The third-order valence-electron chi connectivity index (χ3n) is 6.22. The van der Waals surface area contributed by atoms with Gasteiger partial charge in [-0.15, -0.1) is 0 Å². The van der Waals surface area contributed by atoms with Gasteiger partial charge in [0.1, 0.15) is 11.6 Å². The first-order chi connectivity index (χ1) is 16.2. The van der Waals surface area contributed by atoms with Crippen LogP contribution in [0.15, 0.2) is 78.5 Å². The summed E-state index contributed by atoms with van der Waals surface area (Å²) in [5, 5.41) is 16.0. The molecule has 1 atom stereocenters. The van der Waals surface area contributed by atoms with Gasteiger partial charge in [0.05, 0.1) is 6.10 Å². The van der Waals surface area contributed by atoms with Crippen LogP contribution in [0.3, 0.4) is 0 Å². The fraction of sp³-hybridized carbons (Fsp3) is 0.214. The van der Waals surface area contributed by atoms with Crippen LogP contribution in [0.1, 0.15) is 24.0 Å². The van der Waals surface area contributed by atoms with Gasteiger partial charge in [0, 0.05) is 42.4 Å². The van der Waals surface area contributed by atoms with Crippen molar-refractivity contribution in [3.63, 3.8) is 0 Å². The van der Waals surface area contributed by atoms with Gasteiger partial charge in [0.25, 0.3) is 5.91 Å². The molecule has 5 heteroatoms. The molecule has 1 saturated heterocycles. The van der Waals surface area contributed by atoms with E-state index in [1.54, 1.807) is 6.08 Å². The lowest BCUT2D eigenvalue weighted by Crippen LogP contribution is -2.32. The normalized spacial score (nSPS) is 16.2. The third kappa shape index (κ3) is 4.39. The van der Waals surface area contributed by atoms with Crippen LogP contribution in [0.2, 0.25) is 0 Å². The minimum absolute atomic E-state index is 0.0384. The first-order valence-electron chi connectivity index (χ1n) is 11.3. The predicted molar refractivity (Wildman–Crippen MR) is 131 cm³/mol. The van der Waals surface area contributed by atoms with Gasteiger partial charge >= 0.3 is 0 Å². The van der Waals surface area contributed by atoms with Crippen LogP contribution in [0, 0.1) is 11.3 Å². The van der Waals surface area contributed by atoms with E-state index in [4.69, 9.17) is 4.74 Å². The Balaban J connectivity index is 1.46. The Hall–Kier alpha value is -3.88. The van der Waals surface area contributed by atoms with E-state index in [9.17, 15) is 10.1 Å². The molecule has 1 aliphatic rings. The number of nitrogens with one attached hydrogen (secondary N) is 1. The molecule has 5 rings (SSSR count). The smallest absolute Gasteiger partial charge is 0.262 e. The molecule has 0 bridgehead atoms. The maximum absolute atomic E-state index is 12.7. The number of rotatable bonds is 6. The van der Waals surface area contributed by atoms with Gasteiger partial charge in [-0.2, -0.15) is 5.26 Å². The number of hydrogen-bond acceptors (Lipinski definition) is 3. The number of fused-ring (bicyclic) bond motifs is 2. The van der Waals surface area contributed by atoms with Crippen molar-refractivity contribution >= 4 is 33.7 Å². The Kier molecular flexibility index (Phi) is 5.93. The highest BCUT2D eigenvalue weighted by atomic mass is 16.5. The van der Waals surface area contributed by atoms with Crippen molar-refractivity contribution in [3.05, 3.63) is 89.6 Å². The minimum Gasteiger partial charge on any atom is -0.376 e. The lowest BCUT2D eigenvalue weighted by molar-refractivity contribution is -0.117. The van der Waals surface area contributed by atoms with Crippen LogP contribution in [-0.2, 0) is 16.1 Å². The summed E-state index contributed by atoms with van der Waals surface area (Å²) in [5.74, 6) is -0.362. The van der Waals surface area contributed by atoms with E-state index in [-0.39, 0.29) is 17.6 Å². The number of aromatic nitrogens is 1. The number of carbonyl (C=O) groups excluding carboxylic acids is 1. The van der Waals surface area contributed by atoms with Crippen molar-refractivity contribution in [1.82, 2.24) is 9.88 Å². The highest BCUT2D eigenvalue weighted by Crippen LogP contribution is 2.26. The van der Waals surface area contributed by atoms with Crippen molar-refractivity contribution in [2.24, 2.45) is 0 Å². The van der Waals surface area contributed by atoms with Crippen LogP contribution in [0.5, 0.6) is 0 Å². The van der Waals surface area contributed by atoms with E-state index in [0.717, 1.165) is 35.9 Å². The SMILES string of the molecule is N#C/C(=C\c1cn(Cc2cccc3ccccc23)c2ccccc12)C(=O)NC[C@H]1CCCO1. The number of para-hydroxylation sites is 1. The van der Waals surface area contributed by atoms with Gasteiger partial charge in [-0.05, 0) is 41.3 Å². The first kappa shape index (κ1) is 21.0. The fourth-order valence-corrected chi connectivity index (χ4v) is 4.55. The zero-order chi connectivity index (χ0) is 22.6. The Labute approximate surface area is 192 Å². The molecular formula is C28H25N3O2. The summed E-state index contributed by atoms with van der Waals surface area (Å²) in [6.07, 6.45) is 5.70. The van der Waals surface area contributed by atoms with Crippen LogP contribution in [-0.4, -0.2) is 29.7 Å². The first-order valence-corrected chi connectivity index (χ1v) is 11.3. The number of ether oxygens (including phenoxy) is 1. The average Bonchev–Trinajstić information content (AvgIpc) is 3.50. The van der Waals surface area contributed by atoms with E-state index in [1.807, 2.05) is 30.5 Å². The molecule has 0 saturated carbocycles. The maximum atomic E-state index is 12.7. The van der Waals surface area contributed by atoms with Gasteiger partial charge in [0.15, 0.2) is 0 Å². The van der Waals surface area contributed by atoms with Crippen LogP contribution < -0.4 is 5.32 Å². The van der Waals surface area contributed by atoms with Crippen molar-refractivity contribution in [3.8, 4) is 6.07 Å². The molecule has 0 aliphatic carbocycles. The molecule has 0 radical (unpaired) electrons. The van der Waals surface area contributed by atoms with Gasteiger partial charge in [-0.1, -0.05) is 60.7 Å². The zero-order valence-corrected chi connectivity index (χ0v) is 18.3. The molecule has 164 valence electrons. The number of hydrogen-bond donors (Lipinski definition) is 1. The van der Waals surface area contributed by atoms with E-state index in [1.165, 1.54) is 16.3 Å². The quantitative estimate of drug-likeness (QED) is 0.341. The molecule has 1 amide bonds. The number of amides is 1. The largest absolute Gasteiger partial charge is 0.376 e. The summed E-state index contributed by atoms with van der Waals surface area (Å²) < 4.78 is 7.75. The predicted octanol–water partition coefficient (Wildman–Crippen LogP) is 5.04. The molecule has 1 fully saturated rings. The summed E-state index contributed by atoms with van der Waals surface area (Å²) in [5.41, 5.74) is 3.24. The van der Waals surface area contributed by atoms with Gasteiger partial charge in [0.2, 0.25) is 0 Å². The number of nitrogens with zero attached hydrogens (tertiary/aromatic N) is 2. The van der Waals surface area contributed by atoms with Crippen LogP contribution in [0.25, 0.3) is 27.8 Å². The van der Waals surface area contributed by atoms with Gasteiger partial charge < -0.3 is 14.6 Å². The van der Waals surface area contributed by atoms with Crippen LogP contribution in [0.4, 0.5) is 0 Å². The highest BCUT2D eigenvalue weighted by molar-refractivity contribution is 6.04. The van der Waals surface area contributed by atoms with Crippen LogP contribution >= 0.6 is 0 Å². The average molecular weight is 436 g/mol. The monoisotopic (exact) mass is 435 g/mol. The van der Waals surface area contributed by atoms with Crippen molar-refractivity contribution in [1.29, 1.82) is 5.26 Å². The highest BCUT2D eigenvalue weighted by Gasteiger charge is 2.18. The second-order valence-corrected chi connectivity index (χ2v) is 8.38. The standard InChI is InChI=1S/C28H25N3O2/c29-16-22(28(32)30-17-24-10-6-14-33-24)15-23-19-31(27-13-4-3-12-26(23)27)18-21-9-5-8-20-7-1-2-11-25(20)21/h1-5,7-9,11-13,15,19,24H,6,10,14,17-18H2,(H,30,32)/b22-15+/t24-/m1/s1. The number of carbonyl (C=O) groups is 1. The Bertz CT molecular complexity index is 1380. The lowest BCUT2D eigenvalue weighted by atomic mass is 10.0. The summed E-state index contributed by atoms with van der Waals surface area (Å²) >= 11 is 0. The second-order valence-electron chi connectivity index (χ2n) is 8.38. The van der Waals surface area contributed by atoms with E-state index in [0.29, 0.717) is 13.1 Å². The zero-order valence-electron chi connectivity index (χ0n) is 18.3. The molecule has 5 nitrogen and oxygen atoms in total. The molecule has 1 N–H and O–H groups in total. The molecule has 1 aliphatic heterocycles. The van der Waals surface area contributed by atoms with E-state index >= 15 is 0 Å². The maximum Gasteiger partial charge on any atom is 0.262 e. The van der Waals surface area contributed by atoms with Gasteiger partial charge in [-0.25, -0.2) is 0 Å². The molecule has 1 aromatic heterocycles. The molecule has 0 unspecified atom stereocenters. The van der Waals surface area contributed by atoms with E-state index < -0.39 is 0 Å². The Morgan fingerprint density at radius 1 is 1.09 bits per heavy atom. The van der Waals surface area contributed by atoms with Crippen molar-refractivity contribution in [2.75, 3.05) is 13.2 Å². The van der Waals surface area contributed by atoms with Gasteiger partial charge in [-0.3, -0.25) is 4.79 Å². The topological polar surface area (TPSA) is 67.0 Å². The Morgan fingerprint density at radius 2 is 1.88 bits per heavy atom. The molecular weight excluding hydrogens is 410 g/mol. The minimum atomic E-state index is -0.362. The molecule has 3 aromatic carbocycles. The third-order valence-corrected chi connectivity index (χ3v) is 6.22. The molecule has 0 spiro atoms. The molecule has 4 aromatic rings. The second kappa shape index (κ2) is 9.32. The Morgan fingerprint density at radius 3 is 2.70 bits per heavy atom. The fourth-order valence-electron chi connectivity index (χ4n) is 4.55. The lowest BCUT2D eigenvalue weighted by Gasteiger charge is -2.10. The molecule has 2 heterocycles. The summed E-state index contributed by atoms with van der Waals surface area (Å²) in [7, 11) is 0. The summed E-state index contributed by atoms with van der Waals surface area (Å²) in [6, 6.07) is 24.9. The number of benzene rings is 3. The van der Waals surface area contributed by atoms with E-state index in [2.05, 4.69) is 58.4 Å². The van der Waals surface area contributed by atoms with Crippen molar-refractivity contribution < 1.29 is 9.53 Å². The number of nitriles is 1.